The van der Waals surface area contributed by atoms with Crippen LogP contribution in [0.15, 0.2) is 29.3 Å². The van der Waals surface area contributed by atoms with Crippen molar-refractivity contribution in [2.75, 3.05) is 19.0 Å². The van der Waals surface area contributed by atoms with Gasteiger partial charge in [-0.3, -0.25) is 25.2 Å². The summed E-state index contributed by atoms with van der Waals surface area (Å²) >= 11 is 0. The molecule has 1 aliphatic rings. The molecule has 0 saturated carbocycles. The van der Waals surface area contributed by atoms with E-state index in [4.69, 9.17) is 0 Å². The molecule has 3 rings (SSSR count). The standard InChI is InChI=1S/C16H17N5O3/c1-9-11-5-3-4-6-12(11)19-16(18-9)21-15-17-8-10(14(23)20-15)7-13(22)24-2/h3-6,10H,7-8H2,1-2H3,(H2,17,18,19,20,21,23)/t10-/m0/s1. The van der Waals surface area contributed by atoms with Crippen molar-refractivity contribution in [2.45, 2.75) is 13.3 Å². The van der Waals surface area contributed by atoms with Crippen molar-refractivity contribution in [1.82, 2.24) is 15.3 Å². The molecule has 8 heteroatoms. The molecule has 0 bridgehead atoms. The molecule has 1 atom stereocenters. The number of esters is 1. The number of nitrogens with one attached hydrogen (secondary N) is 2. The molecule has 1 aromatic carbocycles. The molecule has 2 aromatic rings. The number of aliphatic imine (C=N–C) groups is 1. The van der Waals surface area contributed by atoms with Crippen molar-refractivity contribution in [1.29, 1.82) is 0 Å². The fourth-order valence-electron chi connectivity index (χ4n) is 2.45. The van der Waals surface area contributed by atoms with Crippen LogP contribution in [-0.4, -0.2) is 41.5 Å². The van der Waals surface area contributed by atoms with Crippen LogP contribution in [0.5, 0.6) is 0 Å². The Bertz CT molecular complexity index is 834. The topological polar surface area (TPSA) is 106 Å². The Morgan fingerprint density at radius 1 is 1.38 bits per heavy atom. The number of guanidine groups is 1. The number of rotatable bonds is 3. The maximum absolute atomic E-state index is 12.0. The van der Waals surface area contributed by atoms with Gasteiger partial charge in [0.2, 0.25) is 17.8 Å². The molecule has 1 amide bonds. The maximum Gasteiger partial charge on any atom is 0.306 e. The van der Waals surface area contributed by atoms with Gasteiger partial charge in [0, 0.05) is 5.39 Å². The molecular formula is C16H17N5O3. The van der Waals surface area contributed by atoms with Crippen LogP contribution in [0, 0.1) is 12.8 Å². The van der Waals surface area contributed by atoms with Crippen LogP contribution in [0.4, 0.5) is 5.95 Å². The Hall–Kier alpha value is -3.03. The van der Waals surface area contributed by atoms with Gasteiger partial charge in [0.25, 0.3) is 0 Å². The molecule has 1 aliphatic heterocycles. The molecule has 1 aromatic heterocycles. The van der Waals surface area contributed by atoms with Crippen LogP contribution in [-0.2, 0) is 14.3 Å². The van der Waals surface area contributed by atoms with Gasteiger partial charge in [0.1, 0.15) is 0 Å². The van der Waals surface area contributed by atoms with E-state index in [2.05, 4.69) is 30.3 Å². The van der Waals surface area contributed by atoms with Crippen LogP contribution in [0.1, 0.15) is 12.1 Å². The lowest BCUT2D eigenvalue weighted by Gasteiger charge is -2.20. The number of hydrogen-bond donors (Lipinski definition) is 2. The molecule has 2 N–H and O–H groups in total. The second kappa shape index (κ2) is 6.61. The van der Waals surface area contributed by atoms with Crippen molar-refractivity contribution < 1.29 is 14.3 Å². The number of para-hydroxylation sites is 1. The second-order valence-electron chi connectivity index (χ2n) is 5.43. The summed E-state index contributed by atoms with van der Waals surface area (Å²) in [5.74, 6) is -0.611. The number of aromatic nitrogens is 2. The van der Waals surface area contributed by atoms with E-state index in [1.54, 1.807) is 0 Å². The number of amides is 1. The Morgan fingerprint density at radius 3 is 2.92 bits per heavy atom. The number of hydrogen-bond acceptors (Lipinski definition) is 7. The highest BCUT2D eigenvalue weighted by molar-refractivity contribution is 6.06. The monoisotopic (exact) mass is 327 g/mol. The summed E-state index contributed by atoms with van der Waals surface area (Å²) < 4.78 is 4.57. The zero-order valence-corrected chi connectivity index (χ0v) is 13.4. The molecule has 0 spiro atoms. The molecule has 0 unspecified atom stereocenters. The summed E-state index contributed by atoms with van der Waals surface area (Å²) in [6.07, 6.45) is 0.00466. The van der Waals surface area contributed by atoms with Crippen LogP contribution in [0.3, 0.4) is 0 Å². The van der Waals surface area contributed by atoms with Crippen LogP contribution in [0.25, 0.3) is 10.9 Å². The average molecular weight is 327 g/mol. The fourth-order valence-corrected chi connectivity index (χ4v) is 2.45. The largest absolute Gasteiger partial charge is 0.469 e. The zero-order chi connectivity index (χ0) is 17.1. The van der Waals surface area contributed by atoms with Gasteiger partial charge >= 0.3 is 5.97 Å². The first-order valence-electron chi connectivity index (χ1n) is 7.49. The first kappa shape index (κ1) is 15.9. The van der Waals surface area contributed by atoms with Gasteiger partial charge in [-0.25, -0.2) is 9.97 Å². The van der Waals surface area contributed by atoms with E-state index < -0.39 is 11.9 Å². The fraction of sp³-hybridized carbons (Fsp3) is 0.312. The smallest absolute Gasteiger partial charge is 0.306 e. The third-order valence-electron chi connectivity index (χ3n) is 3.75. The number of anilines is 1. The Morgan fingerprint density at radius 2 is 2.17 bits per heavy atom. The number of benzene rings is 1. The average Bonchev–Trinajstić information content (AvgIpc) is 2.57. The van der Waals surface area contributed by atoms with Crippen molar-refractivity contribution in [3.05, 3.63) is 30.0 Å². The SMILES string of the molecule is COC(=O)C[C@H]1CN=C(Nc2nc(C)c3ccccc3n2)NC1=O. The number of carbonyl (C=O) groups excluding carboxylic acids is 2. The minimum atomic E-state index is -0.526. The summed E-state index contributed by atoms with van der Waals surface area (Å²) in [5.41, 5.74) is 1.63. The zero-order valence-electron chi connectivity index (χ0n) is 13.4. The first-order valence-corrected chi connectivity index (χ1v) is 7.49. The summed E-state index contributed by atoms with van der Waals surface area (Å²) in [6.45, 7) is 2.10. The van der Waals surface area contributed by atoms with Crippen LogP contribution < -0.4 is 10.6 Å². The van der Waals surface area contributed by atoms with Gasteiger partial charge in [0.15, 0.2) is 0 Å². The summed E-state index contributed by atoms with van der Waals surface area (Å²) in [5, 5.41) is 6.50. The minimum Gasteiger partial charge on any atom is -0.469 e. The molecule has 24 heavy (non-hydrogen) atoms. The van der Waals surface area contributed by atoms with Gasteiger partial charge in [-0.15, -0.1) is 0 Å². The summed E-state index contributed by atoms with van der Waals surface area (Å²) in [6, 6.07) is 7.67. The normalized spacial score (nSPS) is 17.2. The molecular weight excluding hydrogens is 310 g/mol. The van der Waals surface area contributed by atoms with E-state index >= 15 is 0 Å². The molecule has 0 saturated heterocycles. The lowest BCUT2D eigenvalue weighted by Crippen LogP contribution is -2.45. The highest BCUT2D eigenvalue weighted by Gasteiger charge is 2.27. The van der Waals surface area contributed by atoms with Crippen molar-refractivity contribution in [3.63, 3.8) is 0 Å². The number of aryl methyl sites for hydroxylation is 1. The molecule has 2 heterocycles. The Kier molecular flexibility index (Phi) is 4.37. The van der Waals surface area contributed by atoms with Gasteiger partial charge in [-0.2, -0.15) is 0 Å². The predicted octanol–water partition coefficient (Wildman–Crippen LogP) is 1.02. The van der Waals surface area contributed by atoms with Gasteiger partial charge in [-0.05, 0) is 13.0 Å². The van der Waals surface area contributed by atoms with Gasteiger partial charge in [0.05, 0.1) is 37.2 Å². The number of ether oxygens (including phenoxy) is 1. The third-order valence-corrected chi connectivity index (χ3v) is 3.75. The molecule has 124 valence electrons. The summed E-state index contributed by atoms with van der Waals surface area (Å²) in [4.78, 5) is 36.3. The molecule has 0 radical (unpaired) electrons. The number of carbonyl (C=O) groups is 2. The van der Waals surface area contributed by atoms with Crippen LogP contribution >= 0.6 is 0 Å². The third kappa shape index (κ3) is 3.32. The lowest BCUT2D eigenvalue weighted by molar-refractivity contribution is -0.143. The first-order chi connectivity index (χ1) is 11.6. The van der Waals surface area contributed by atoms with Crippen molar-refractivity contribution in [3.8, 4) is 0 Å². The predicted molar refractivity (Wildman–Crippen MR) is 88.5 cm³/mol. The van der Waals surface area contributed by atoms with E-state index in [1.165, 1.54) is 7.11 Å². The molecule has 8 nitrogen and oxygen atoms in total. The van der Waals surface area contributed by atoms with E-state index in [-0.39, 0.29) is 24.8 Å². The minimum absolute atomic E-state index is 0.00466. The Balaban J connectivity index is 1.75. The van der Waals surface area contributed by atoms with E-state index in [1.807, 2.05) is 31.2 Å². The van der Waals surface area contributed by atoms with Crippen LogP contribution in [0.2, 0.25) is 0 Å². The van der Waals surface area contributed by atoms with E-state index in [0.29, 0.717) is 5.95 Å². The number of nitrogens with zero attached hydrogens (tertiary/aromatic N) is 3. The van der Waals surface area contributed by atoms with Gasteiger partial charge in [-0.1, -0.05) is 18.2 Å². The highest BCUT2D eigenvalue weighted by atomic mass is 16.5. The maximum atomic E-state index is 12.0. The number of methoxy groups -OCH3 is 1. The number of fused-ring (bicyclic) bond motifs is 1. The van der Waals surface area contributed by atoms with E-state index in [0.717, 1.165) is 16.6 Å². The van der Waals surface area contributed by atoms with E-state index in [9.17, 15) is 9.59 Å². The van der Waals surface area contributed by atoms with Crippen molar-refractivity contribution >= 4 is 34.7 Å². The molecule has 0 aliphatic carbocycles. The summed E-state index contributed by atoms with van der Waals surface area (Å²) in [7, 11) is 1.29. The lowest BCUT2D eigenvalue weighted by atomic mass is 10.0. The quantitative estimate of drug-likeness (QED) is 0.815. The molecule has 0 fully saturated rings. The Labute approximate surface area is 138 Å². The van der Waals surface area contributed by atoms with Gasteiger partial charge < -0.3 is 4.74 Å². The van der Waals surface area contributed by atoms with Crippen molar-refractivity contribution in [2.24, 2.45) is 10.9 Å². The highest BCUT2D eigenvalue weighted by Crippen LogP contribution is 2.17. The second-order valence-corrected chi connectivity index (χ2v) is 5.43.